The highest BCUT2D eigenvalue weighted by atomic mass is 16.2. The highest BCUT2D eigenvalue weighted by Crippen LogP contribution is 2.25. The zero-order chi connectivity index (χ0) is 16.6. The van der Waals surface area contributed by atoms with Crippen LogP contribution in [0.2, 0.25) is 0 Å². The predicted molar refractivity (Wildman–Crippen MR) is 92.1 cm³/mol. The Balaban J connectivity index is 4.78. The first-order valence-electron chi connectivity index (χ1n) is 8.55. The molecular weight excluding hydrogens is 260 g/mol. The molecule has 0 aliphatic carbocycles. The third-order valence-corrected chi connectivity index (χ3v) is 3.76. The number of hydrogen-bond donors (Lipinski definition) is 1. The largest absolute Gasteiger partial charge is 0.342 e. The quantitative estimate of drug-likeness (QED) is 0.701. The maximum Gasteiger partial charge on any atom is 0.226 e. The molecule has 0 saturated carbocycles. The Hall–Kier alpha value is -0.570. The van der Waals surface area contributed by atoms with Gasteiger partial charge in [-0.3, -0.25) is 4.79 Å². The van der Waals surface area contributed by atoms with Gasteiger partial charge in [0.25, 0.3) is 0 Å². The topological polar surface area (TPSA) is 46.3 Å². The number of rotatable bonds is 9. The molecule has 0 rings (SSSR count). The molecule has 3 heteroatoms. The lowest BCUT2D eigenvalue weighted by Crippen LogP contribution is -2.42. The summed E-state index contributed by atoms with van der Waals surface area (Å²) in [7, 11) is 0. The van der Waals surface area contributed by atoms with E-state index in [0.717, 1.165) is 32.4 Å². The smallest absolute Gasteiger partial charge is 0.226 e. The zero-order valence-corrected chi connectivity index (χ0v) is 15.4. The van der Waals surface area contributed by atoms with Crippen molar-refractivity contribution < 1.29 is 4.79 Å². The highest BCUT2D eigenvalue weighted by molar-refractivity contribution is 5.79. The molecular formula is C18H38N2O. The second-order valence-corrected chi connectivity index (χ2v) is 8.39. The van der Waals surface area contributed by atoms with Crippen LogP contribution in [0.3, 0.4) is 0 Å². The lowest BCUT2D eigenvalue weighted by molar-refractivity contribution is -0.136. The van der Waals surface area contributed by atoms with Crippen LogP contribution < -0.4 is 5.73 Å². The molecule has 0 saturated heterocycles. The van der Waals surface area contributed by atoms with Gasteiger partial charge in [-0.1, -0.05) is 48.5 Å². The first-order valence-corrected chi connectivity index (χ1v) is 8.55. The van der Waals surface area contributed by atoms with Crippen molar-refractivity contribution in [3.8, 4) is 0 Å². The van der Waals surface area contributed by atoms with E-state index in [9.17, 15) is 4.79 Å². The van der Waals surface area contributed by atoms with Crippen molar-refractivity contribution in [2.24, 2.45) is 28.9 Å². The molecule has 126 valence electrons. The maximum atomic E-state index is 12.8. The molecule has 3 nitrogen and oxygen atoms in total. The number of amides is 1. The molecule has 21 heavy (non-hydrogen) atoms. The van der Waals surface area contributed by atoms with Crippen LogP contribution in [0.4, 0.5) is 0 Å². The van der Waals surface area contributed by atoms with Crippen LogP contribution in [0.5, 0.6) is 0 Å². The van der Waals surface area contributed by atoms with Crippen LogP contribution in [-0.2, 0) is 4.79 Å². The van der Waals surface area contributed by atoms with E-state index in [1.807, 2.05) is 0 Å². The van der Waals surface area contributed by atoms with Crippen LogP contribution >= 0.6 is 0 Å². The van der Waals surface area contributed by atoms with E-state index in [-0.39, 0.29) is 17.2 Å². The van der Waals surface area contributed by atoms with Gasteiger partial charge in [0.15, 0.2) is 0 Å². The summed E-state index contributed by atoms with van der Waals surface area (Å²) in [6.07, 6.45) is 3.00. The summed E-state index contributed by atoms with van der Waals surface area (Å²) in [5.74, 6) is 1.47. The molecule has 0 aromatic heterocycles. The van der Waals surface area contributed by atoms with Gasteiger partial charge in [0.1, 0.15) is 0 Å². The molecule has 1 amide bonds. The monoisotopic (exact) mass is 298 g/mol. The molecule has 0 aromatic carbocycles. The standard InChI is InChI=1S/C18H38N2O/c1-14(2)8-10-20(11-9-15(3)4)17(21)16(13-19)12-18(5,6)7/h14-16H,8-13,19H2,1-7H3. The Morgan fingerprint density at radius 2 is 1.43 bits per heavy atom. The zero-order valence-electron chi connectivity index (χ0n) is 15.4. The van der Waals surface area contributed by atoms with Gasteiger partial charge in [-0.15, -0.1) is 0 Å². The van der Waals surface area contributed by atoms with E-state index >= 15 is 0 Å². The fourth-order valence-corrected chi connectivity index (χ4v) is 2.43. The number of carbonyl (C=O) groups excluding carboxylic acids is 1. The van der Waals surface area contributed by atoms with E-state index in [1.165, 1.54) is 0 Å². The van der Waals surface area contributed by atoms with Gasteiger partial charge in [0.2, 0.25) is 5.91 Å². The second-order valence-electron chi connectivity index (χ2n) is 8.39. The van der Waals surface area contributed by atoms with Gasteiger partial charge in [-0.05, 0) is 36.5 Å². The average molecular weight is 299 g/mol. The summed E-state index contributed by atoms with van der Waals surface area (Å²) in [6.45, 7) is 17.5. The molecule has 0 radical (unpaired) electrons. The summed E-state index contributed by atoms with van der Waals surface area (Å²) in [5, 5.41) is 0. The van der Waals surface area contributed by atoms with Gasteiger partial charge in [-0.2, -0.15) is 0 Å². The molecule has 0 aromatic rings. The molecule has 1 atom stereocenters. The summed E-state index contributed by atoms with van der Waals surface area (Å²) in [6, 6.07) is 0. The molecule has 0 heterocycles. The summed E-state index contributed by atoms with van der Waals surface area (Å²) in [5.41, 5.74) is 6.02. The van der Waals surface area contributed by atoms with Crippen LogP contribution in [0.25, 0.3) is 0 Å². The van der Waals surface area contributed by atoms with Crippen molar-refractivity contribution in [1.82, 2.24) is 4.90 Å². The van der Waals surface area contributed by atoms with Gasteiger partial charge in [-0.25, -0.2) is 0 Å². The predicted octanol–water partition coefficient (Wildman–Crippen LogP) is 3.92. The Kier molecular flexibility index (Phi) is 9.19. The summed E-state index contributed by atoms with van der Waals surface area (Å²) in [4.78, 5) is 14.9. The Labute approximate surface area is 132 Å². The van der Waals surface area contributed by atoms with Gasteiger partial charge < -0.3 is 10.6 Å². The Bertz CT molecular complexity index is 280. The fourth-order valence-electron chi connectivity index (χ4n) is 2.43. The normalized spacial score (nSPS) is 13.8. The SMILES string of the molecule is CC(C)CCN(CCC(C)C)C(=O)C(CN)CC(C)(C)C. The van der Waals surface area contributed by atoms with Crippen molar-refractivity contribution in [1.29, 1.82) is 0 Å². The van der Waals surface area contributed by atoms with Crippen LogP contribution in [0, 0.1) is 23.2 Å². The van der Waals surface area contributed by atoms with Crippen LogP contribution in [-0.4, -0.2) is 30.4 Å². The molecule has 0 aliphatic heterocycles. The molecule has 1 unspecified atom stereocenters. The van der Waals surface area contributed by atoms with E-state index in [1.54, 1.807) is 0 Å². The lowest BCUT2D eigenvalue weighted by Gasteiger charge is -2.31. The molecule has 2 N–H and O–H groups in total. The average Bonchev–Trinajstić information content (AvgIpc) is 2.33. The Morgan fingerprint density at radius 1 is 1.00 bits per heavy atom. The third-order valence-electron chi connectivity index (χ3n) is 3.76. The number of hydrogen-bond acceptors (Lipinski definition) is 2. The van der Waals surface area contributed by atoms with E-state index in [0.29, 0.717) is 18.4 Å². The third kappa shape index (κ3) is 9.89. The lowest BCUT2D eigenvalue weighted by atomic mass is 9.84. The van der Waals surface area contributed by atoms with E-state index < -0.39 is 0 Å². The molecule has 0 fully saturated rings. The maximum absolute atomic E-state index is 12.8. The fraction of sp³-hybridized carbons (Fsp3) is 0.944. The molecule has 0 bridgehead atoms. The number of nitrogens with zero attached hydrogens (tertiary/aromatic N) is 1. The van der Waals surface area contributed by atoms with E-state index in [2.05, 4.69) is 53.4 Å². The minimum absolute atomic E-state index is 0.0377. The minimum Gasteiger partial charge on any atom is -0.342 e. The molecule has 0 aliphatic rings. The van der Waals surface area contributed by atoms with Crippen molar-refractivity contribution in [2.75, 3.05) is 19.6 Å². The summed E-state index contributed by atoms with van der Waals surface area (Å²) < 4.78 is 0. The second kappa shape index (κ2) is 9.45. The minimum atomic E-state index is -0.0377. The first-order chi connectivity index (χ1) is 9.56. The summed E-state index contributed by atoms with van der Waals surface area (Å²) >= 11 is 0. The number of nitrogens with two attached hydrogens (primary N) is 1. The van der Waals surface area contributed by atoms with Crippen molar-refractivity contribution >= 4 is 5.91 Å². The Morgan fingerprint density at radius 3 is 1.71 bits per heavy atom. The first kappa shape index (κ1) is 20.4. The number of carbonyl (C=O) groups is 1. The van der Waals surface area contributed by atoms with Crippen molar-refractivity contribution in [3.63, 3.8) is 0 Å². The van der Waals surface area contributed by atoms with Crippen molar-refractivity contribution in [3.05, 3.63) is 0 Å². The van der Waals surface area contributed by atoms with Crippen LogP contribution in [0.1, 0.15) is 67.7 Å². The van der Waals surface area contributed by atoms with Gasteiger partial charge >= 0.3 is 0 Å². The van der Waals surface area contributed by atoms with Crippen molar-refractivity contribution in [2.45, 2.75) is 67.7 Å². The van der Waals surface area contributed by atoms with E-state index in [4.69, 9.17) is 5.73 Å². The van der Waals surface area contributed by atoms with Gasteiger partial charge in [0.05, 0.1) is 5.92 Å². The van der Waals surface area contributed by atoms with Gasteiger partial charge in [0, 0.05) is 19.6 Å². The van der Waals surface area contributed by atoms with Crippen LogP contribution in [0.15, 0.2) is 0 Å². The highest BCUT2D eigenvalue weighted by Gasteiger charge is 2.27. The molecule has 0 spiro atoms.